The number of fused-ring (bicyclic) bond motifs is 1. The summed E-state index contributed by atoms with van der Waals surface area (Å²) in [6.07, 6.45) is 2.44. The summed E-state index contributed by atoms with van der Waals surface area (Å²) in [5.41, 5.74) is 6.21. The number of carbonyl (C=O) groups excluding carboxylic acids is 1. The largest absolute Gasteiger partial charge is 0.326 e. The van der Waals surface area contributed by atoms with Gasteiger partial charge >= 0.3 is 0 Å². The first-order valence-corrected chi connectivity index (χ1v) is 11.5. The minimum atomic E-state index is -0.00594. The summed E-state index contributed by atoms with van der Waals surface area (Å²) in [6.45, 7) is 2.08. The Morgan fingerprint density at radius 3 is 2.16 bits per heavy atom. The molecule has 0 unspecified atom stereocenters. The Hall–Kier alpha value is -3.70. The standard InChI is InChI=1S/C27H23N3OS/c1-19-18-32-27-29-25(17-30(19)27)22-12-14-23(15-13-22)28-26(31)16-24(20-8-4-2-5-9-20)21-10-6-3-7-11-21/h2-15,17-18,24H,16H2,1H3,(H,28,31). The van der Waals surface area contributed by atoms with Crippen LogP contribution in [0.4, 0.5) is 5.69 Å². The van der Waals surface area contributed by atoms with Crippen LogP contribution in [-0.4, -0.2) is 15.3 Å². The van der Waals surface area contributed by atoms with Crippen molar-refractivity contribution in [3.05, 3.63) is 113 Å². The van der Waals surface area contributed by atoms with Gasteiger partial charge in [-0.05, 0) is 30.2 Å². The molecule has 158 valence electrons. The number of nitrogens with one attached hydrogen (secondary N) is 1. The van der Waals surface area contributed by atoms with E-state index in [1.54, 1.807) is 11.3 Å². The second-order valence-electron chi connectivity index (χ2n) is 7.86. The summed E-state index contributed by atoms with van der Waals surface area (Å²) >= 11 is 1.64. The van der Waals surface area contributed by atoms with E-state index in [0.717, 1.165) is 33.0 Å². The van der Waals surface area contributed by atoms with E-state index in [4.69, 9.17) is 4.98 Å². The Labute approximate surface area is 191 Å². The first-order valence-electron chi connectivity index (χ1n) is 10.6. The average molecular weight is 438 g/mol. The van der Waals surface area contributed by atoms with E-state index in [2.05, 4.69) is 52.5 Å². The molecular weight excluding hydrogens is 414 g/mol. The molecule has 32 heavy (non-hydrogen) atoms. The van der Waals surface area contributed by atoms with Crippen LogP contribution in [-0.2, 0) is 4.79 Å². The zero-order chi connectivity index (χ0) is 21.9. The number of amides is 1. The SMILES string of the molecule is Cc1csc2nc(-c3ccc(NC(=O)CC(c4ccccc4)c4ccccc4)cc3)cn12. The monoisotopic (exact) mass is 437 g/mol. The zero-order valence-corrected chi connectivity index (χ0v) is 18.5. The maximum absolute atomic E-state index is 12.9. The van der Waals surface area contributed by atoms with Crippen molar-refractivity contribution in [1.29, 1.82) is 0 Å². The van der Waals surface area contributed by atoms with Crippen LogP contribution < -0.4 is 5.32 Å². The highest BCUT2D eigenvalue weighted by Crippen LogP contribution is 2.29. The molecule has 4 nitrogen and oxygen atoms in total. The highest BCUT2D eigenvalue weighted by molar-refractivity contribution is 7.15. The number of hydrogen-bond donors (Lipinski definition) is 1. The fourth-order valence-corrected chi connectivity index (χ4v) is 4.80. The van der Waals surface area contributed by atoms with Gasteiger partial charge in [0.05, 0.1) is 5.69 Å². The molecule has 0 saturated heterocycles. The molecule has 0 aliphatic rings. The third-order valence-corrected chi connectivity index (χ3v) is 6.60. The summed E-state index contributed by atoms with van der Waals surface area (Å²) in [7, 11) is 0. The van der Waals surface area contributed by atoms with Crippen molar-refractivity contribution in [2.45, 2.75) is 19.3 Å². The second kappa shape index (κ2) is 8.81. The zero-order valence-electron chi connectivity index (χ0n) is 17.7. The van der Waals surface area contributed by atoms with E-state index >= 15 is 0 Å². The molecule has 3 aromatic carbocycles. The van der Waals surface area contributed by atoms with Crippen molar-refractivity contribution in [3.63, 3.8) is 0 Å². The maximum atomic E-state index is 12.9. The molecule has 0 spiro atoms. The second-order valence-corrected chi connectivity index (χ2v) is 8.70. The predicted molar refractivity (Wildman–Crippen MR) is 131 cm³/mol. The number of benzene rings is 3. The molecule has 2 aromatic heterocycles. The van der Waals surface area contributed by atoms with Crippen molar-refractivity contribution >= 4 is 27.9 Å². The van der Waals surface area contributed by atoms with E-state index in [9.17, 15) is 4.79 Å². The van der Waals surface area contributed by atoms with Crippen LogP contribution >= 0.6 is 11.3 Å². The number of aromatic nitrogens is 2. The molecule has 1 N–H and O–H groups in total. The number of imidazole rings is 1. The third-order valence-electron chi connectivity index (χ3n) is 5.65. The highest BCUT2D eigenvalue weighted by Gasteiger charge is 2.18. The molecule has 0 fully saturated rings. The van der Waals surface area contributed by atoms with E-state index in [-0.39, 0.29) is 11.8 Å². The number of aryl methyl sites for hydroxylation is 1. The Balaban J connectivity index is 1.31. The Morgan fingerprint density at radius 2 is 1.56 bits per heavy atom. The summed E-state index contributed by atoms with van der Waals surface area (Å²) in [5.74, 6) is 0.00647. The van der Waals surface area contributed by atoms with Crippen LogP contribution in [0.15, 0.2) is 96.5 Å². The van der Waals surface area contributed by atoms with Gasteiger partial charge in [0.1, 0.15) is 0 Å². The lowest BCUT2D eigenvalue weighted by Crippen LogP contribution is -2.16. The summed E-state index contributed by atoms with van der Waals surface area (Å²) < 4.78 is 2.10. The summed E-state index contributed by atoms with van der Waals surface area (Å²) in [5, 5.41) is 5.16. The fraction of sp³-hybridized carbons (Fsp3) is 0.111. The molecule has 5 rings (SSSR count). The van der Waals surface area contributed by atoms with Crippen LogP contribution in [0, 0.1) is 6.92 Å². The van der Waals surface area contributed by atoms with E-state index in [0.29, 0.717) is 6.42 Å². The lowest BCUT2D eigenvalue weighted by Gasteiger charge is -2.18. The van der Waals surface area contributed by atoms with Crippen molar-refractivity contribution in [1.82, 2.24) is 9.38 Å². The summed E-state index contributed by atoms with van der Waals surface area (Å²) in [6, 6.07) is 28.3. The van der Waals surface area contributed by atoms with Crippen LogP contribution in [0.1, 0.15) is 29.2 Å². The molecule has 2 heterocycles. The quantitative estimate of drug-likeness (QED) is 0.328. The van der Waals surface area contributed by atoms with Crippen molar-refractivity contribution in [2.24, 2.45) is 0 Å². The number of thiazole rings is 1. The fourth-order valence-electron chi connectivity index (χ4n) is 3.95. The highest BCUT2D eigenvalue weighted by atomic mass is 32.1. The van der Waals surface area contributed by atoms with Gasteiger partial charge in [-0.2, -0.15) is 0 Å². The van der Waals surface area contributed by atoms with Crippen LogP contribution in [0.5, 0.6) is 0 Å². The lowest BCUT2D eigenvalue weighted by molar-refractivity contribution is -0.116. The van der Waals surface area contributed by atoms with Crippen LogP contribution in [0.2, 0.25) is 0 Å². The molecule has 5 heteroatoms. The smallest absolute Gasteiger partial charge is 0.225 e. The minimum absolute atomic E-state index is 0.00594. The maximum Gasteiger partial charge on any atom is 0.225 e. The van der Waals surface area contributed by atoms with Gasteiger partial charge in [0.25, 0.3) is 0 Å². The molecule has 0 radical (unpaired) electrons. The molecule has 0 atom stereocenters. The number of anilines is 1. The molecule has 0 bridgehead atoms. The van der Waals surface area contributed by atoms with Gasteiger partial charge in [0.15, 0.2) is 4.96 Å². The number of rotatable bonds is 6. The van der Waals surface area contributed by atoms with Crippen LogP contribution in [0.25, 0.3) is 16.2 Å². The van der Waals surface area contributed by atoms with Crippen molar-refractivity contribution < 1.29 is 4.79 Å². The Morgan fingerprint density at radius 1 is 0.938 bits per heavy atom. The van der Waals surface area contributed by atoms with E-state index in [1.807, 2.05) is 60.7 Å². The van der Waals surface area contributed by atoms with Gasteiger partial charge in [-0.15, -0.1) is 11.3 Å². The van der Waals surface area contributed by atoms with Crippen molar-refractivity contribution in [3.8, 4) is 11.3 Å². The normalized spacial score (nSPS) is 11.2. The predicted octanol–water partition coefficient (Wildman–Crippen LogP) is 6.53. The first kappa shape index (κ1) is 20.2. The third kappa shape index (κ3) is 4.20. The molecule has 0 saturated carbocycles. The van der Waals surface area contributed by atoms with E-state index in [1.165, 1.54) is 5.69 Å². The number of hydrogen-bond acceptors (Lipinski definition) is 3. The number of carbonyl (C=O) groups is 1. The molecule has 5 aromatic rings. The average Bonchev–Trinajstić information content (AvgIpc) is 3.41. The van der Waals surface area contributed by atoms with Crippen molar-refractivity contribution in [2.75, 3.05) is 5.32 Å². The van der Waals surface area contributed by atoms with Gasteiger partial charge < -0.3 is 5.32 Å². The molecule has 1 amide bonds. The lowest BCUT2D eigenvalue weighted by atomic mass is 9.88. The van der Waals surface area contributed by atoms with Gasteiger partial charge in [0, 0.05) is 40.9 Å². The van der Waals surface area contributed by atoms with Gasteiger partial charge in [-0.1, -0.05) is 72.8 Å². The van der Waals surface area contributed by atoms with Gasteiger partial charge in [-0.3, -0.25) is 9.20 Å². The topological polar surface area (TPSA) is 46.4 Å². The van der Waals surface area contributed by atoms with Gasteiger partial charge in [0.2, 0.25) is 5.91 Å². The van der Waals surface area contributed by atoms with E-state index < -0.39 is 0 Å². The molecule has 0 aliphatic heterocycles. The minimum Gasteiger partial charge on any atom is -0.326 e. The number of nitrogens with zero attached hydrogens (tertiary/aromatic N) is 2. The Kier molecular flexibility index (Phi) is 5.57. The molecular formula is C27H23N3OS. The van der Waals surface area contributed by atoms with Gasteiger partial charge in [-0.25, -0.2) is 4.98 Å². The Bertz CT molecular complexity index is 1300. The van der Waals surface area contributed by atoms with Crippen LogP contribution in [0.3, 0.4) is 0 Å². The first-order chi connectivity index (χ1) is 15.7. The summed E-state index contributed by atoms with van der Waals surface area (Å²) in [4.78, 5) is 18.6. The molecule has 0 aliphatic carbocycles.